The molecule has 10 nitrogen and oxygen atoms in total. The molecule has 1 saturated carbocycles. The van der Waals surface area contributed by atoms with Crippen molar-refractivity contribution < 1.29 is 33.5 Å². The normalized spacial score (nSPS) is 15.7. The molecule has 1 fully saturated rings. The number of nitrogens with one attached hydrogen (secondary N) is 2. The Hall–Kier alpha value is -4.86. The number of fused-ring (bicyclic) bond motifs is 1. The molecule has 1 aliphatic carbocycles. The molecule has 0 heterocycles. The van der Waals surface area contributed by atoms with Gasteiger partial charge < -0.3 is 21.1 Å². The molecule has 0 bridgehead atoms. The second-order valence-corrected chi connectivity index (χ2v) is 14.1. The number of benzene rings is 3. The summed E-state index contributed by atoms with van der Waals surface area (Å²) in [5.41, 5.74) is 6.13. The summed E-state index contributed by atoms with van der Waals surface area (Å²) in [7, 11) is 0. The van der Waals surface area contributed by atoms with E-state index in [1.807, 2.05) is 93.6 Å². The van der Waals surface area contributed by atoms with Crippen LogP contribution in [0.15, 0.2) is 72.8 Å². The molecule has 50 heavy (non-hydrogen) atoms. The molecule has 3 aromatic carbocycles. The topological polar surface area (TPSA) is 162 Å². The summed E-state index contributed by atoms with van der Waals surface area (Å²) in [5, 5.41) is 7.45. The van der Waals surface area contributed by atoms with Crippen LogP contribution >= 0.6 is 0 Å². The zero-order valence-electron chi connectivity index (χ0n) is 29.4. The lowest BCUT2D eigenvalue weighted by Gasteiger charge is -2.27. The van der Waals surface area contributed by atoms with Crippen LogP contribution in [0.1, 0.15) is 77.3 Å². The largest absolute Gasteiger partial charge is 0.461 e. The van der Waals surface area contributed by atoms with Crippen LogP contribution in [-0.4, -0.2) is 46.8 Å². The third kappa shape index (κ3) is 10.3. The van der Waals surface area contributed by atoms with Gasteiger partial charge in [0.25, 0.3) is 5.91 Å². The number of rotatable bonds is 19. The van der Waals surface area contributed by atoms with Crippen molar-refractivity contribution in [3.63, 3.8) is 0 Å². The maximum atomic E-state index is 13.6. The Morgan fingerprint density at radius 3 is 2.10 bits per heavy atom. The Morgan fingerprint density at radius 1 is 0.820 bits per heavy atom. The number of hydrogen-bond donors (Lipinski definition) is 3. The molecule has 0 aromatic heterocycles. The first kappa shape index (κ1) is 38.0. The van der Waals surface area contributed by atoms with Gasteiger partial charge in [-0.3, -0.25) is 28.8 Å². The van der Waals surface area contributed by atoms with E-state index in [0.717, 1.165) is 21.9 Å². The highest BCUT2D eigenvalue weighted by atomic mass is 16.5. The van der Waals surface area contributed by atoms with Gasteiger partial charge in [0.1, 0.15) is 6.61 Å². The Labute approximate surface area is 293 Å². The van der Waals surface area contributed by atoms with Crippen LogP contribution in [0.5, 0.6) is 0 Å². The summed E-state index contributed by atoms with van der Waals surface area (Å²) in [5.74, 6) is -5.79. The standard InChI is InChI=1S/C40H49N3O7/c1-5-26(4)35(42-38(48)32(19-25(2)3)23-34(45)50-24-27-11-7-6-8-12-27)36(46)39(49)43-40(17-18-40)33(44)22-31(37(41)47)21-28-15-16-29-13-9-10-14-30(29)20-28/h6-16,20,25-26,31-32,35H,5,17-19,21-24H2,1-4H3,(H2,41,47)(H,42,48)(H,43,49). The van der Waals surface area contributed by atoms with Gasteiger partial charge in [0.15, 0.2) is 5.78 Å². The van der Waals surface area contributed by atoms with E-state index in [1.165, 1.54) is 0 Å². The summed E-state index contributed by atoms with van der Waals surface area (Å²) in [6.45, 7) is 7.53. The average molecular weight is 684 g/mol. The van der Waals surface area contributed by atoms with Crippen molar-refractivity contribution >= 4 is 46.0 Å². The SMILES string of the molecule is CCC(C)C(NC(=O)C(CC(=O)OCc1ccccc1)CC(C)C)C(=O)C(=O)NC1(C(=O)CC(Cc2ccc3ccccc3c2)C(N)=O)CC1. The maximum Gasteiger partial charge on any atom is 0.306 e. The lowest BCUT2D eigenvalue weighted by Crippen LogP contribution is -2.55. The number of esters is 1. The summed E-state index contributed by atoms with van der Waals surface area (Å²) < 4.78 is 5.42. The number of amides is 3. The third-order valence-corrected chi connectivity index (χ3v) is 9.57. The Morgan fingerprint density at radius 2 is 1.48 bits per heavy atom. The van der Waals surface area contributed by atoms with E-state index >= 15 is 0 Å². The minimum absolute atomic E-state index is 0.0694. The van der Waals surface area contributed by atoms with Crippen molar-refractivity contribution in [2.24, 2.45) is 29.4 Å². The molecular weight excluding hydrogens is 634 g/mol. The van der Waals surface area contributed by atoms with Crippen molar-refractivity contribution in [1.82, 2.24) is 10.6 Å². The van der Waals surface area contributed by atoms with Gasteiger partial charge in [-0.05, 0) is 59.4 Å². The Balaban J connectivity index is 1.39. The van der Waals surface area contributed by atoms with Gasteiger partial charge in [0.05, 0.1) is 18.0 Å². The highest BCUT2D eigenvalue weighted by molar-refractivity contribution is 6.39. The number of nitrogens with two attached hydrogens (primary N) is 1. The maximum absolute atomic E-state index is 13.6. The number of ketones is 2. The van der Waals surface area contributed by atoms with Gasteiger partial charge in [-0.2, -0.15) is 0 Å². The third-order valence-electron chi connectivity index (χ3n) is 9.57. The van der Waals surface area contributed by atoms with Crippen LogP contribution in [0.3, 0.4) is 0 Å². The molecule has 0 aliphatic heterocycles. The van der Waals surface area contributed by atoms with Gasteiger partial charge in [-0.25, -0.2) is 0 Å². The van der Waals surface area contributed by atoms with Crippen molar-refractivity contribution in [2.45, 2.75) is 90.8 Å². The lowest BCUT2D eigenvalue weighted by atomic mass is 9.89. The molecule has 0 saturated heterocycles. The van der Waals surface area contributed by atoms with Crippen molar-refractivity contribution in [3.05, 3.63) is 83.9 Å². The number of ether oxygens (including phenoxy) is 1. The predicted molar refractivity (Wildman–Crippen MR) is 190 cm³/mol. The summed E-state index contributed by atoms with van der Waals surface area (Å²) in [6, 6.07) is 21.7. The first-order valence-electron chi connectivity index (χ1n) is 17.5. The van der Waals surface area contributed by atoms with Gasteiger partial charge in [-0.15, -0.1) is 0 Å². The fourth-order valence-corrected chi connectivity index (χ4v) is 6.18. The van der Waals surface area contributed by atoms with Gasteiger partial charge in [-0.1, -0.05) is 107 Å². The second-order valence-electron chi connectivity index (χ2n) is 14.1. The van der Waals surface area contributed by atoms with Crippen LogP contribution in [0.25, 0.3) is 10.8 Å². The minimum atomic E-state index is -1.27. The quantitative estimate of drug-likeness (QED) is 0.119. The molecule has 4 N–H and O–H groups in total. The van der Waals surface area contributed by atoms with E-state index in [4.69, 9.17) is 10.5 Å². The summed E-state index contributed by atoms with van der Waals surface area (Å²) in [6.07, 6.45) is 1.41. The van der Waals surface area contributed by atoms with Gasteiger partial charge >= 0.3 is 5.97 Å². The zero-order valence-corrected chi connectivity index (χ0v) is 29.4. The van der Waals surface area contributed by atoms with Crippen LogP contribution in [0.4, 0.5) is 0 Å². The van der Waals surface area contributed by atoms with E-state index in [-0.39, 0.29) is 37.6 Å². The lowest BCUT2D eigenvalue weighted by molar-refractivity contribution is -0.149. The van der Waals surface area contributed by atoms with Crippen LogP contribution in [-0.2, 0) is 46.5 Å². The van der Waals surface area contributed by atoms with E-state index in [9.17, 15) is 28.8 Å². The first-order chi connectivity index (χ1) is 23.8. The number of hydrogen-bond acceptors (Lipinski definition) is 7. The molecule has 3 aromatic rings. The van der Waals surface area contributed by atoms with Crippen LogP contribution in [0.2, 0.25) is 0 Å². The molecule has 0 spiro atoms. The van der Waals surface area contributed by atoms with E-state index in [2.05, 4.69) is 10.6 Å². The Bertz CT molecular complexity index is 1700. The van der Waals surface area contributed by atoms with Gasteiger partial charge in [0, 0.05) is 18.3 Å². The Kier molecular flexibility index (Phi) is 13.0. The van der Waals surface area contributed by atoms with Crippen molar-refractivity contribution in [2.75, 3.05) is 0 Å². The fourth-order valence-electron chi connectivity index (χ4n) is 6.18. The molecule has 10 heteroatoms. The number of carbonyl (C=O) groups is 6. The second kappa shape index (κ2) is 17.2. The highest BCUT2D eigenvalue weighted by Crippen LogP contribution is 2.38. The zero-order chi connectivity index (χ0) is 36.4. The van der Waals surface area contributed by atoms with E-state index in [1.54, 1.807) is 6.92 Å². The van der Waals surface area contributed by atoms with Crippen LogP contribution in [0, 0.1) is 23.7 Å². The number of carbonyl (C=O) groups excluding carboxylic acids is 6. The van der Waals surface area contributed by atoms with Crippen molar-refractivity contribution in [1.29, 1.82) is 0 Å². The highest BCUT2D eigenvalue weighted by Gasteiger charge is 2.52. The molecular formula is C40H49N3O7. The molecule has 4 rings (SSSR count). The number of Topliss-reactive ketones (excluding diaryl/α,β-unsaturated/α-hetero) is 2. The number of primary amides is 1. The van der Waals surface area contributed by atoms with Gasteiger partial charge in [0.2, 0.25) is 17.6 Å². The molecule has 1 aliphatic rings. The molecule has 4 atom stereocenters. The molecule has 3 amide bonds. The first-order valence-corrected chi connectivity index (χ1v) is 17.5. The average Bonchev–Trinajstić information content (AvgIpc) is 3.89. The molecule has 266 valence electrons. The summed E-state index contributed by atoms with van der Waals surface area (Å²) >= 11 is 0. The summed E-state index contributed by atoms with van der Waals surface area (Å²) in [4.78, 5) is 79.3. The minimum Gasteiger partial charge on any atom is -0.461 e. The molecule has 4 unspecified atom stereocenters. The molecule has 0 radical (unpaired) electrons. The van der Waals surface area contributed by atoms with Crippen LogP contribution < -0.4 is 16.4 Å². The fraction of sp³-hybridized carbons (Fsp3) is 0.450. The van der Waals surface area contributed by atoms with E-state index < -0.39 is 58.8 Å². The monoisotopic (exact) mass is 683 g/mol. The van der Waals surface area contributed by atoms with Crippen molar-refractivity contribution in [3.8, 4) is 0 Å². The predicted octanol–water partition coefficient (Wildman–Crippen LogP) is 4.99. The smallest absolute Gasteiger partial charge is 0.306 e. The van der Waals surface area contributed by atoms with E-state index in [0.29, 0.717) is 25.7 Å².